The standard InChI is InChI=1S/C2N5O/c8-1-3-2-4-6-7-5-2. The Kier molecular flexibility index (Phi) is 1.18. The van der Waals surface area contributed by atoms with Crippen molar-refractivity contribution in [1.82, 2.24) is 0 Å². The number of nitrogens with zero attached hydrogens (tertiary/aromatic N) is 5. The lowest BCUT2D eigenvalue weighted by Crippen LogP contribution is -1.80. The molecule has 0 spiro atoms. The second-order valence-corrected chi connectivity index (χ2v) is 0.882. The number of rotatable bonds is 1. The van der Waals surface area contributed by atoms with Crippen molar-refractivity contribution in [3.05, 3.63) is 0 Å². The third-order valence-electron chi connectivity index (χ3n) is 0.454. The second kappa shape index (κ2) is 2.01. The molecule has 0 bridgehead atoms. The Morgan fingerprint density at radius 1 is 1.38 bits per heavy atom. The normalized spacial score (nSPS) is 14.8. The largest absolute Gasteiger partial charge is 0.340 e. The van der Waals surface area contributed by atoms with E-state index >= 15 is 0 Å². The Hall–Kier alpha value is -1.46. The molecule has 0 aromatic carbocycles. The number of carbonyl (C=O) groups excluding carboxylic acids is 1. The number of hydrogen-bond acceptors (Lipinski definition) is 3. The van der Waals surface area contributed by atoms with Crippen molar-refractivity contribution in [2.24, 2.45) is 25.7 Å². The Morgan fingerprint density at radius 2 is 2.00 bits per heavy atom. The molecular formula is C2N5O. The van der Waals surface area contributed by atoms with Crippen LogP contribution in [0.1, 0.15) is 0 Å². The summed E-state index contributed by atoms with van der Waals surface area (Å²) in [5.74, 6) is -0.0556. The predicted molar refractivity (Wildman–Crippen MR) is 22.8 cm³/mol. The highest BCUT2D eigenvalue weighted by molar-refractivity contribution is 5.86. The van der Waals surface area contributed by atoms with E-state index in [9.17, 15) is 4.79 Å². The average molecular weight is 110 g/mol. The summed E-state index contributed by atoms with van der Waals surface area (Å²) in [5.41, 5.74) is 0. The van der Waals surface area contributed by atoms with Gasteiger partial charge < -0.3 is 0 Å². The van der Waals surface area contributed by atoms with Gasteiger partial charge in [-0.3, -0.25) is 4.79 Å². The van der Waals surface area contributed by atoms with E-state index in [4.69, 9.17) is 0 Å². The quantitative estimate of drug-likeness (QED) is 0.476. The first-order valence-corrected chi connectivity index (χ1v) is 1.70. The Balaban J connectivity index is 2.74. The summed E-state index contributed by atoms with van der Waals surface area (Å²) in [6.07, 6.45) is 1.24. The third-order valence-corrected chi connectivity index (χ3v) is 0.454. The Labute approximate surface area is 44.0 Å². The van der Waals surface area contributed by atoms with Crippen LogP contribution in [-0.4, -0.2) is 12.4 Å². The van der Waals surface area contributed by atoms with Crippen molar-refractivity contribution >= 4 is 12.4 Å². The van der Waals surface area contributed by atoms with Crippen LogP contribution in [0.3, 0.4) is 0 Å². The maximum absolute atomic E-state index is 9.44. The van der Waals surface area contributed by atoms with Gasteiger partial charge in [-0.15, -0.1) is 0 Å². The van der Waals surface area contributed by atoms with Crippen molar-refractivity contribution in [2.75, 3.05) is 0 Å². The number of hydrogen-bond donors (Lipinski definition) is 0. The fraction of sp³-hybridized carbons (Fsp3) is 0. The van der Waals surface area contributed by atoms with Crippen molar-refractivity contribution in [3.63, 3.8) is 0 Å². The van der Waals surface area contributed by atoms with Gasteiger partial charge in [-0.25, -0.2) is 0 Å². The van der Waals surface area contributed by atoms with Crippen LogP contribution in [0.15, 0.2) is 25.7 Å². The van der Waals surface area contributed by atoms with Gasteiger partial charge in [0.05, 0.1) is 0 Å². The summed E-state index contributed by atoms with van der Waals surface area (Å²) < 4.78 is 0. The molecule has 0 N–H and O–H groups in total. The summed E-state index contributed by atoms with van der Waals surface area (Å²) in [5, 5.41) is 12.5. The zero-order chi connectivity index (χ0) is 5.82. The summed E-state index contributed by atoms with van der Waals surface area (Å²) >= 11 is 0. The molecule has 0 saturated carbocycles. The van der Waals surface area contributed by atoms with Gasteiger partial charge in [-0.2, -0.15) is 4.99 Å². The highest BCUT2D eigenvalue weighted by atomic mass is 16.1. The first-order chi connectivity index (χ1) is 3.93. The molecule has 1 radical (unpaired) electrons. The van der Waals surface area contributed by atoms with Crippen LogP contribution in [0.5, 0.6) is 0 Å². The van der Waals surface area contributed by atoms with Crippen LogP contribution in [0.25, 0.3) is 0 Å². The number of amides is 1. The van der Waals surface area contributed by atoms with E-state index in [1.165, 1.54) is 6.41 Å². The van der Waals surface area contributed by atoms with Crippen LogP contribution in [-0.2, 0) is 4.79 Å². The van der Waals surface area contributed by atoms with Gasteiger partial charge in [0.15, 0.2) is 0 Å². The van der Waals surface area contributed by atoms with Crippen molar-refractivity contribution in [1.29, 1.82) is 0 Å². The zero-order valence-electron chi connectivity index (χ0n) is 3.64. The van der Waals surface area contributed by atoms with Crippen molar-refractivity contribution in [2.45, 2.75) is 0 Å². The van der Waals surface area contributed by atoms with Crippen LogP contribution < -0.4 is 0 Å². The van der Waals surface area contributed by atoms with E-state index in [1.807, 2.05) is 0 Å². The monoisotopic (exact) mass is 110 g/mol. The van der Waals surface area contributed by atoms with E-state index in [0.29, 0.717) is 0 Å². The molecule has 0 fully saturated rings. The van der Waals surface area contributed by atoms with Gasteiger partial charge in [-0.1, -0.05) is 10.2 Å². The molecule has 1 heterocycles. The molecule has 1 rings (SSSR count). The molecule has 0 unspecified atom stereocenters. The van der Waals surface area contributed by atoms with Crippen LogP contribution in [0.4, 0.5) is 0 Å². The van der Waals surface area contributed by atoms with E-state index in [2.05, 4.69) is 25.7 Å². The molecule has 6 nitrogen and oxygen atoms in total. The topological polar surface area (TPSA) is 78.9 Å². The summed E-state index contributed by atoms with van der Waals surface area (Å²) in [6, 6.07) is 0. The summed E-state index contributed by atoms with van der Waals surface area (Å²) in [7, 11) is 0. The lowest BCUT2D eigenvalue weighted by Gasteiger charge is -1.68. The molecule has 39 valence electrons. The van der Waals surface area contributed by atoms with Crippen molar-refractivity contribution in [3.8, 4) is 0 Å². The van der Waals surface area contributed by atoms with Gasteiger partial charge >= 0.3 is 6.41 Å². The zero-order valence-corrected chi connectivity index (χ0v) is 3.64. The lowest BCUT2D eigenvalue weighted by molar-refractivity contribution is 0.557. The van der Waals surface area contributed by atoms with Crippen LogP contribution in [0.2, 0.25) is 0 Å². The van der Waals surface area contributed by atoms with Crippen molar-refractivity contribution < 1.29 is 4.79 Å². The minimum absolute atomic E-state index is 0.0556. The maximum atomic E-state index is 9.44. The van der Waals surface area contributed by atoms with E-state index in [0.717, 1.165) is 0 Å². The molecule has 1 amide bonds. The molecule has 1 aliphatic heterocycles. The highest BCUT2D eigenvalue weighted by Crippen LogP contribution is 1.95. The smallest absolute Gasteiger partial charge is 0.261 e. The minimum Gasteiger partial charge on any atom is -0.261 e. The lowest BCUT2D eigenvalue weighted by atomic mass is 11.0. The molecule has 8 heavy (non-hydrogen) atoms. The number of aliphatic imine (C=N–C) groups is 1. The first kappa shape index (κ1) is 4.69. The molecule has 6 heteroatoms. The molecule has 0 atom stereocenters. The van der Waals surface area contributed by atoms with Crippen LogP contribution in [0, 0.1) is 0 Å². The predicted octanol–water partition coefficient (Wildman–Crippen LogP) is 0.243. The molecular weight excluding hydrogens is 110 g/mol. The summed E-state index contributed by atoms with van der Waals surface area (Å²) in [4.78, 5) is 12.5. The maximum Gasteiger partial charge on any atom is 0.340 e. The fourth-order valence-corrected chi connectivity index (χ4v) is 0.226. The van der Waals surface area contributed by atoms with Gasteiger partial charge in [0.25, 0.3) is 5.96 Å². The van der Waals surface area contributed by atoms with E-state index in [-0.39, 0.29) is 5.96 Å². The average Bonchev–Trinajstić information content (AvgIpc) is 2.19. The Morgan fingerprint density at radius 3 is 2.50 bits per heavy atom. The van der Waals surface area contributed by atoms with E-state index in [1.54, 1.807) is 0 Å². The number of guanidine groups is 1. The molecule has 0 aromatic heterocycles. The van der Waals surface area contributed by atoms with Gasteiger partial charge in [0, 0.05) is 0 Å². The van der Waals surface area contributed by atoms with Gasteiger partial charge in [0.2, 0.25) is 0 Å². The first-order valence-electron chi connectivity index (χ1n) is 1.70. The fourth-order valence-electron chi connectivity index (χ4n) is 0.226. The van der Waals surface area contributed by atoms with Gasteiger partial charge in [0.1, 0.15) is 0 Å². The minimum atomic E-state index is -0.0556. The van der Waals surface area contributed by atoms with E-state index < -0.39 is 0 Å². The summed E-state index contributed by atoms with van der Waals surface area (Å²) in [6.45, 7) is 0. The SMILES string of the molecule is O=[C]N=C1N=NN=N1. The molecule has 0 aliphatic carbocycles. The third kappa shape index (κ3) is 0.780. The molecule has 1 aliphatic rings. The van der Waals surface area contributed by atoms with Crippen LogP contribution >= 0.6 is 0 Å². The highest BCUT2D eigenvalue weighted by Gasteiger charge is 1.96. The molecule has 0 aromatic rings. The molecule has 0 saturated heterocycles. The Bertz CT molecular complexity index is 165. The second-order valence-electron chi connectivity index (χ2n) is 0.882. The van der Waals surface area contributed by atoms with Gasteiger partial charge in [-0.05, 0) is 10.4 Å².